The van der Waals surface area contributed by atoms with Crippen LogP contribution in [0.5, 0.6) is 0 Å². The zero-order chi connectivity index (χ0) is 10.1. The van der Waals surface area contributed by atoms with Gasteiger partial charge in [0, 0.05) is 6.61 Å². The minimum atomic E-state index is 0.693. The van der Waals surface area contributed by atoms with Gasteiger partial charge in [0.1, 0.15) is 0 Å². The van der Waals surface area contributed by atoms with E-state index in [-0.39, 0.29) is 0 Å². The van der Waals surface area contributed by atoms with Gasteiger partial charge < -0.3 is 4.43 Å². The first-order chi connectivity index (χ1) is 6.93. The molecule has 0 aliphatic carbocycles. The van der Waals surface area contributed by atoms with E-state index >= 15 is 0 Å². The van der Waals surface area contributed by atoms with Gasteiger partial charge in [0.25, 0.3) is 0 Å². The lowest BCUT2D eigenvalue weighted by Crippen LogP contribution is -1.99. The summed E-state index contributed by atoms with van der Waals surface area (Å²) in [4.78, 5) is 0. The zero-order valence-electron chi connectivity index (χ0n) is 8.83. The summed E-state index contributed by atoms with van der Waals surface area (Å²) in [5, 5.41) is 0. The van der Waals surface area contributed by atoms with Crippen molar-refractivity contribution in [2.75, 3.05) is 6.61 Å². The van der Waals surface area contributed by atoms with Crippen LogP contribution in [0.15, 0.2) is 30.3 Å². The number of unbranched alkanes of at least 4 members (excludes halogenated alkanes) is 1. The normalized spacial score (nSPS) is 10.4. The van der Waals surface area contributed by atoms with Gasteiger partial charge in [0.15, 0.2) is 0 Å². The van der Waals surface area contributed by atoms with Crippen molar-refractivity contribution in [1.29, 1.82) is 0 Å². The number of aryl methyl sites for hydroxylation is 1. The van der Waals surface area contributed by atoms with Crippen LogP contribution in [0.2, 0.25) is 6.04 Å². The Morgan fingerprint density at radius 3 is 2.64 bits per heavy atom. The molecule has 0 aliphatic rings. The molecule has 0 fully saturated rings. The summed E-state index contributed by atoms with van der Waals surface area (Å²) >= 11 is 0. The van der Waals surface area contributed by atoms with Crippen LogP contribution in [-0.4, -0.2) is 16.4 Å². The maximum absolute atomic E-state index is 5.45. The van der Waals surface area contributed by atoms with E-state index in [2.05, 4.69) is 37.3 Å². The summed E-state index contributed by atoms with van der Waals surface area (Å²) in [7, 11) is 0.693. The monoisotopic (exact) mass is 206 g/mol. The van der Waals surface area contributed by atoms with Gasteiger partial charge in [-0.1, -0.05) is 37.3 Å². The van der Waals surface area contributed by atoms with E-state index in [9.17, 15) is 0 Å². The molecular weight excluding hydrogens is 188 g/mol. The molecule has 0 atom stereocenters. The summed E-state index contributed by atoms with van der Waals surface area (Å²) in [5.74, 6) is 0. The smallest absolute Gasteiger partial charge is 0.229 e. The summed E-state index contributed by atoms with van der Waals surface area (Å²) in [5.41, 5.74) is 1.44. The van der Waals surface area contributed by atoms with E-state index in [1.165, 1.54) is 24.8 Å². The third kappa shape index (κ3) is 5.20. The minimum Gasteiger partial charge on any atom is -0.417 e. The molecule has 0 bridgehead atoms. The first kappa shape index (κ1) is 11.5. The van der Waals surface area contributed by atoms with Gasteiger partial charge in [-0.2, -0.15) is 0 Å². The van der Waals surface area contributed by atoms with Gasteiger partial charge in [-0.15, -0.1) is 0 Å². The number of hydrogen-bond donors (Lipinski definition) is 0. The third-order valence-electron chi connectivity index (χ3n) is 2.05. The molecule has 0 N–H and O–H groups in total. The van der Waals surface area contributed by atoms with Crippen molar-refractivity contribution >= 4 is 9.76 Å². The molecule has 2 radical (unpaired) electrons. The van der Waals surface area contributed by atoms with Gasteiger partial charge >= 0.3 is 0 Å². The molecule has 0 spiro atoms. The molecule has 1 aromatic carbocycles. The Bertz CT molecular complexity index is 223. The zero-order valence-corrected chi connectivity index (χ0v) is 9.83. The van der Waals surface area contributed by atoms with Crippen LogP contribution in [0.3, 0.4) is 0 Å². The van der Waals surface area contributed by atoms with Crippen molar-refractivity contribution in [2.24, 2.45) is 0 Å². The predicted octanol–water partition coefficient (Wildman–Crippen LogP) is 3.08. The van der Waals surface area contributed by atoms with Crippen LogP contribution in [0.4, 0.5) is 0 Å². The van der Waals surface area contributed by atoms with Gasteiger partial charge in [0.2, 0.25) is 9.76 Å². The Morgan fingerprint density at radius 1 is 1.14 bits per heavy atom. The Morgan fingerprint density at radius 2 is 1.93 bits per heavy atom. The fraction of sp³-hybridized carbons (Fsp3) is 0.500. The van der Waals surface area contributed by atoms with Crippen LogP contribution >= 0.6 is 0 Å². The highest BCUT2D eigenvalue weighted by Gasteiger charge is 1.92. The van der Waals surface area contributed by atoms with E-state index in [0.29, 0.717) is 9.76 Å². The SMILES string of the molecule is CC[Si]OCCCCc1ccccc1. The van der Waals surface area contributed by atoms with E-state index in [1.54, 1.807) is 0 Å². The molecule has 1 nitrogen and oxygen atoms in total. The number of rotatable bonds is 7. The predicted molar refractivity (Wildman–Crippen MR) is 61.6 cm³/mol. The van der Waals surface area contributed by atoms with Gasteiger partial charge in [-0.05, 0) is 30.9 Å². The molecule has 0 aliphatic heterocycles. The standard InChI is InChI=1S/C12H18OSi/c1-2-14-13-11-7-6-10-12-8-4-3-5-9-12/h3-5,8-9H,2,6-7,10-11H2,1H3. The van der Waals surface area contributed by atoms with Crippen molar-refractivity contribution < 1.29 is 4.43 Å². The molecular formula is C12H18OSi. The minimum absolute atomic E-state index is 0.693. The molecule has 76 valence electrons. The lowest BCUT2D eigenvalue weighted by atomic mass is 10.1. The van der Waals surface area contributed by atoms with E-state index < -0.39 is 0 Å². The average Bonchev–Trinajstić information content (AvgIpc) is 2.25. The number of hydrogen-bond acceptors (Lipinski definition) is 1. The molecule has 0 unspecified atom stereocenters. The van der Waals surface area contributed by atoms with Crippen molar-refractivity contribution in [3.05, 3.63) is 35.9 Å². The first-order valence-electron chi connectivity index (χ1n) is 5.32. The fourth-order valence-corrected chi connectivity index (χ4v) is 1.82. The molecule has 0 heterocycles. The Hall–Kier alpha value is -0.603. The molecule has 2 heteroatoms. The van der Waals surface area contributed by atoms with Crippen molar-refractivity contribution in [2.45, 2.75) is 32.2 Å². The molecule has 0 amide bonds. The van der Waals surface area contributed by atoms with Gasteiger partial charge in [-0.25, -0.2) is 0 Å². The fourth-order valence-electron chi connectivity index (χ4n) is 1.32. The second kappa shape index (κ2) is 7.77. The molecule has 0 saturated carbocycles. The maximum atomic E-state index is 5.45. The topological polar surface area (TPSA) is 9.23 Å². The highest BCUT2D eigenvalue weighted by atomic mass is 28.2. The summed E-state index contributed by atoms with van der Waals surface area (Å²) in [6.07, 6.45) is 3.60. The Balaban J connectivity index is 1.99. The van der Waals surface area contributed by atoms with Crippen molar-refractivity contribution in [3.8, 4) is 0 Å². The van der Waals surface area contributed by atoms with Gasteiger partial charge in [-0.3, -0.25) is 0 Å². The van der Waals surface area contributed by atoms with Crippen LogP contribution in [0.25, 0.3) is 0 Å². The molecule has 0 aromatic heterocycles. The van der Waals surface area contributed by atoms with E-state index in [0.717, 1.165) is 12.7 Å². The van der Waals surface area contributed by atoms with Crippen molar-refractivity contribution in [1.82, 2.24) is 0 Å². The van der Waals surface area contributed by atoms with Crippen LogP contribution < -0.4 is 0 Å². The van der Waals surface area contributed by atoms with Crippen LogP contribution in [-0.2, 0) is 10.8 Å². The lowest BCUT2D eigenvalue weighted by Gasteiger charge is -2.02. The quantitative estimate of drug-likeness (QED) is 0.492. The first-order valence-corrected chi connectivity index (χ1v) is 6.43. The van der Waals surface area contributed by atoms with E-state index in [4.69, 9.17) is 4.43 Å². The Labute approximate surface area is 89.4 Å². The molecule has 14 heavy (non-hydrogen) atoms. The van der Waals surface area contributed by atoms with Crippen LogP contribution in [0, 0.1) is 0 Å². The molecule has 0 saturated heterocycles. The average molecular weight is 206 g/mol. The van der Waals surface area contributed by atoms with Crippen molar-refractivity contribution in [3.63, 3.8) is 0 Å². The third-order valence-corrected chi connectivity index (χ3v) is 2.75. The highest BCUT2D eigenvalue weighted by Crippen LogP contribution is 2.04. The summed E-state index contributed by atoms with van der Waals surface area (Å²) < 4.78 is 5.45. The maximum Gasteiger partial charge on any atom is 0.229 e. The van der Waals surface area contributed by atoms with E-state index in [1.807, 2.05) is 0 Å². The van der Waals surface area contributed by atoms with Gasteiger partial charge in [0.05, 0.1) is 0 Å². The second-order valence-electron chi connectivity index (χ2n) is 3.29. The molecule has 1 rings (SSSR count). The summed E-state index contributed by atoms with van der Waals surface area (Å²) in [6, 6.07) is 11.8. The highest BCUT2D eigenvalue weighted by molar-refractivity contribution is 6.26. The number of benzene rings is 1. The summed E-state index contributed by atoms with van der Waals surface area (Å²) in [6.45, 7) is 3.08. The Kier molecular flexibility index (Phi) is 6.37. The molecule has 1 aromatic rings. The largest absolute Gasteiger partial charge is 0.417 e. The van der Waals surface area contributed by atoms with Crippen LogP contribution in [0.1, 0.15) is 25.3 Å². The second-order valence-corrected chi connectivity index (χ2v) is 4.57. The lowest BCUT2D eigenvalue weighted by molar-refractivity contribution is 0.323.